The summed E-state index contributed by atoms with van der Waals surface area (Å²) in [5.41, 5.74) is 5.16. The fourth-order valence-corrected chi connectivity index (χ4v) is 5.85. The van der Waals surface area contributed by atoms with Crippen LogP contribution in [0.5, 0.6) is 0 Å². The molecule has 6 rings (SSSR count). The SMILES string of the molecule is Cn1c(-c2cn(-c3ccc(N)cn3)nc2C(F)(F)F)cnc1C(=O)Nc1ccc(C(=O)N2CC3CCCC(C2)N3)c(Cl)c1. The van der Waals surface area contributed by atoms with Crippen LogP contribution in [0.25, 0.3) is 17.1 Å². The van der Waals surface area contributed by atoms with Gasteiger partial charge in [0.2, 0.25) is 0 Å². The van der Waals surface area contributed by atoms with E-state index in [0.29, 0.717) is 30.0 Å². The van der Waals surface area contributed by atoms with E-state index in [4.69, 9.17) is 17.3 Å². The van der Waals surface area contributed by atoms with E-state index in [-0.39, 0.29) is 45.9 Å². The molecule has 11 nitrogen and oxygen atoms in total. The summed E-state index contributed by atoms with van der Waals surface area (Å²) in [5, 5.41) is 10.1. The Labute approximate surface area is 248 Å². The van der Waals surface area contributed by atoms with E-state index in [9.17, 15) is 22.8 Å². The lowest BCUT2D eigenvalue weighted by Crippen LogP contribution is -2.59. The van der Waals surface area contributed by atoms with Crippen molar-refractivity contribution in [1.29, 1.82) is 0 Å². The quantitative estimate of drug-likeness (QED) is 0.308. The van der Waals surface area contributed by atoms with Crippen LogP contribution in [-0.2, 0) is 13.2 Å². The third-order valence-corrected chi connectivity index (χ3v) is 7.97. The number of nitrogens with one attached hydrogen (secondary N) is 2. The van der Waals surface area contributed by atoms with Gasteiger partial charge in [0.05, 0.1) is 39.9 Å². The first-order valence-electron chi connectivity index (χ1n) is 13.5. The molecule has 0 spiro atoms. The number of benzene rings is 1. The van der Waals surface area contributed by atoms with Gasteiger partial charge in [-0.05, 0) is 43.2 Å². The molecule has 2 bridgehead atoms. The molecular formula is C28H27ClF3N9O2. The van der Waals surface area contributed by atoms with Crippen molar-refractivity contribution < 1.29 is 22.8 Å². The number of pyridine rings is 1. The van der Waals surface area contributed by atoms with Gasteiger partial charge in [-0.3, -0.25) is 9.59 Å². The number of aromatic nitrogens is 5. The third-order valence-electron chi connectivity index (χ3n) is 7.66. The molecule has 4 N–H and O–H groups in total. The monoisotopic (exact) mass is 613 g/mol. The predicted molar refractivity (Wildman–Crippen MR) is 153 cm³/mol. The molecule has 2 atom stereocenters. The minimum absolute atomic E-state index is 0.0129. The lowest BCUT2D eigenvalue weighted by atomic mass is 9.94. The Morgan fingerprint density at radius 1 is 1.09 bits per heavy atom. The van der Waals surface area contributed by atoms with Gasteiger partial charge in [-0.1, -0.05) is 18.0 Å². The Morgan fingerprint density at radius 3 is 2.49 bits per heavy atom. The first kappa shape index (κ1) is 28.7. The van der Waals surface area contributed by atoms with Gasteiger partial charge in [0.1, 0.15) is 0 Å². The zero-order chi connectivity index (χ0) is 30.5. The molecule has 2 aliphatic rings. The van der Waals surface area contributed by atoms with E-state index in [1.807, 2.05) is 0 Å². The van der Waals surface area contributed by atoms with E-state index in [0.717, 1.165) is 23.9 Å². The van der Waals surface area contributed by atoms with Gasteiger partial charge < -0.3 is 25.8 Å². The van der Waals surface area contributed by atoms with Crippen molar-refractivity contribution in [3.63, 3.8) is 0 Å². The van der Waals surface area contributed by atoms with Crippen LogP contribution in [0.15, 0.2) is 48.9 Å². The summed E-state index contributed by atoms with van der Waals surface area (Å²) in [6.45, 7) is 1.22. The van der Waals surface area contributed by atoms with Gasteiger partial charge >= 0.3 is 6.18 Å². The first-order valence-corrected chi connectivity index (χ1v) is 13.9. The number of carbonyl (C=O) groups excluding carboxylic acids is 2. The van der Waals surface area contributed by atoms with Gasteiger partial charge in [0.25, 0.3) is 11.8 Å². The number of alkyl halides is 3. The van der Waals surface area contributed by atoms with Gasteiger partial charge in [-0.2, -0.15) is 18.3 Å². The summed E-state index contributed by atoms with van der Waals surface area (Å²) in [5.74, 6) is -0.875. The van der Waals surface area contributed by atoms with Gasteiger partial charge in [-0.25, -0.2) is 14.6 Å². The van der Waals surface area contributed by atoms with Crippen LogP contribution in [0.4, 0.5) is 24.5 Å². The molecule has 0 saturated carbocycles. The number of piperazine rings is 1. The number of carbonyl (C=O) groups is 2. The summed E-state index contributed by atoms with van der Waals surface area (Å²) in [4.78, 5) is 36.2. The highest BCUT2D eigenvalue weighted by molar-refractivity contribution is 6.34. The number of nitrogens with zero attached hydrogens (tertiary/aromatic N) is 6. The molecule has 5 heterocycles. The predicted octanol–water partition coefficient (Wildman–Crippen LogP) is 4.14. The number of anilines is 2. The Hall–Kier alpha value is -4.43. The molecule has 2 amide bonds. The molecule has 2 fully saturated rings. The molecule has 0 aliphatic carbocycles. The van der Waals surface area contributed by atoms with Crippen molar-refractivity contribution in [2.24, 2.45) is 7.05 Å². The van der Waals surface area contributed by atoms with Crippen LogP contribution in [0, 0.1) is 0 Å². The van der Waals surface area contributed by atoms with E-state index in [1.165, 1.54) is 48.4 Å². The van der Waals surface area contributed by atoms with Crippen molar-refractivity contribution in [2.45, 2.75) is 37.5 Å². The molecule has 3 aromatic heterocycles. The van der Waals surface area contributed by atoms with Gasteiger partial charge in [-0.15, -0.1) is 0 Å². The summed E-state index contributed by atoms with van der Waals surface area (Å²) < 4.78 is 44.1. The van der Waals surface area contributed by atoms with E-state index in [1.54, 1.807) is 17.0 Å². The number of amides is 2. The summed E-state index contributed by atoms with van der Waals surface area (Å²) in [6.07, 6.45) is 2.04. The number of rotatable bonds is 5. The number of fused-ring (bicyclic) bond motifs is 2. The maximum Gasteiger partial charge on any atom is 0.435 e. The smallest absolute Gasteiger partial charge is 0.397 e. The average molecular weight is 614 g/mol. The van der Waals surface area contributed by atoms with Crippen LogP contribution in [0.3, 0.4) is 0 Å². The lowest BCUT2D eigenvalue weighted by Gasteiger charge is -2.42. The second kappa shape index (κ2) is 11.0. The highest BCUT2D eigenvalue weighted by Crippen LogP contribution is 2.37. The summed E-state index contributed by atoms with van der Waals surface area (Å²) >= 11 is 6.47. The first-order chi connectivity index (χ1) is 20.5. The Kier molecular flexibility index (Phi) is 7.34. The topological polar surface area (TPSA) is 136 Å². The van der Waals surface area contributed by atoms with Crippen LogP contribution in [0.1, 0.15) is 45.9 Å². The van der Waals surface area contributed by atoms with E-state index < -0.39 is 17.8 Å². The second-order valence-corrected chi connectivity index (χ2v) is 11.1. The minimum Gasteiger partial charge on any atom is -0.397 e. The molecular weight excluding hydrogens is 587 g/mol. The molecule has 15 heteroatoms. The number of halogens is 4. The van der Waals surface area contributed by atoms with Crippen LogP contribution in [-0.4, -0.2) is 66.2 Å². The van der Waals surface area contributed by atoms with Crippen molar-refractivity contribution in [1.82, 2.24) is 34.5 Å². The standard InChI is InChI=1S/C28H27ClF3N9O2/c1-39-22(20-14-41(38-24(20)28(30,31)32)23-8-5-15(33)10-34-23)11-35-25(39)26(42)37-16-6-7-19(21(29)9-16)27(43)40-12-17-3-2-4-18(13-40)36-17/h5-11,14,17-18,36H,2-4,12-13,33H2,1H3,(H,37,42). The zero-order valence-corrected chi connectivity index (χ0v) is 23.7. The second-order valence-electron chi connectivity index (χ2n) is 10.7. The number of nitrogen functional groups attached to an aromatic ring is 1. The summed E-state index contributed by atoms with van der Waals surface area (Å²) in [6, 6.07) is 8.04. The highest BCUT2D eigenvalue weighted by atomic mass is 35.5. The number of hydrogen-bond donors (Lipinski definition) is 3. The molecule has 4 aromatic rings. The number of piperidine rings is 1. The van der Waals surface area contributed by atoms with Gasteiger partial charge in [0, 0.05) is 44.1 Å². The Morgan fingerprint density at radius 2 is 1.84 bits per heavy atom. The molecule has 0 radical (unpaired) electrons. The number of nitrogens with two attached hydrogens (primary N) is 1. The zero-order valence-electron chi connectivity index (χ0n) is 22.9. The fourth-order valence-electron chi connectivity index (χ4n) is 5.59. The average Bonchev–Trinajstić information content (AvgIpc) is 3.57. The molecule has 2 unspecified atom stereocenters. The van der Waals surface area contributed by atoms with Crippen molar-refractivity contribution in [3.8, 4) is 17.1 Å². The Bertz CT molecular complexity index is 1690. The lowest BCUT2D eigenvalue weighted by molar-refractivity contribution is -0.140. The van der Waals surface area contributed by atoms with Crippen molar-refractivity contribution in [2.75, 3.05) is 24.1 Å². The largest absolute Gasteiger partial charge is 0.435 e. The van der Waals surface area contributed by atoms with Crippen molar-refractivity contribution >= 4 is 34.8 Å². The third kappa shape index (κ3) is 5.67. The number of imidazole rings is 1. The maximum absolute atomic E-state index is 13.9. The Balaban J connectivity index is 1.21. The van der Waals surface area contributed by atoms with Crippen LogP contribution < -0.4 is 16.4 Å². The molecule has 2 aliphatic heterocycles. The molecule has 224 valence electrons. The normalized spacial score (nSPS) is 18.5. The maximum atomic E-state index is 13.9. The number of likely N-dealkylation sites (tertiary alicyclic amines) is 1. The van der Waals surface area contributed by atoms with Crippen LogP contribution >= 0.6 is 11.6 Å². The van der Waals surface area contributed by atoms with Crippen LogP contribution in [0.2, 0.25) is 5.02 Å². The van der Waals surface area contributed by atoms with E-state index >= 15 is 0 Å². The van der Waals surface area contributed by atoms with Gasteiger partial charge in [0.15, 0.2) is 17.3 Å². The molecule has 1 aromatic carbocycles. The number of hydrogen-bond acceptors (Lipinski definition) is 7. The summed E-state index contributed by atoms with van der Waals surface area (Å²) in [7, 11) is 1.42. The molecule has 2 saturated heterocycles. The fraction of sp³-hybridized carbons (Fsp3) is 0.321. The highest BCUT2D eigenvalue weighted by Gasteiger charge is 2.39. The minimum atomic E-state index is -4.79. The van der Waals surface area contributed by atoms with Crippen molar-refractivity contribution in [3.05, 3.63) is 71.0 Å². The van der Waals surface area contributed by atoms with E-state index in [2.05, 4.69) is 25.7 Å². The molecule has 43 heavy (non-hydrogen) atoms.